The van der Waals surface area contributed by atoms with Crippen LogP contribution in [0.1, 0.15) is 12.8 Å². The molecule has 0 bridgehead atoms. The molecule has 198 valence electrons. The first-order chi connectivity index (χ1) is 18.5. The van der Waals surface area contributed by atoms with E-state index in [2.05, 4.69) is 40.6 Å². The predicted octanol–water partition coefficient (Wildman–Crippen LogP) is 5.28. The van der Waals surface area contributed by atoms with Crippen molar-refractivity contribution in [3.8, 4) is 16.9 Å². The van der Waals surface area contributed by atoms with Crippen LogP contribution in [0, 0.1) is 5.92 Å². The van der Waals surface area contributed by atoms with Gasteiger partial charge in [-0.3, -0.25) is 14.5 Å². The van der Waals surface area contributed by atoms with Crippen molar-refractivity contribution in [3.05, 3.63) is 72.3 Å². The quantitative estimate of drug-likeness (QED) is 0.263. The highest BCUT2D eigenvalue weighted by Crippen LogP contribution is 2.41. The SMILES string of the molecule is C=CC(=O)N1CC(CN(C)c2cc(Cl)c(-c3cccc4ccccc34)cc2OC(C=O)CN2CCCC2)C1. The lowest BCUT2D eigenvalue weighted by molar-refractivity contribution is -0.131. The number of halogens is 1. The highest BCUT2D eigenvalue weighted by molar-refractivity contribution is 6.34. The highest BCUT2D eigenvalue weighted by Gasteiger charge is 2.31. The standard InChI is InChI=1S/C31H34ClN3O3/c1-3-31(37)35-18-22(19-35)17-33(2)29-16-28(32)27(26-12-8-10-23-9-4-5-11-25(23)26)15-30(29)38-24(21-36)20-34-13-6-7-14-34/h3-5,8-12,15-16,21-22,24H,1,6-7,13-14,17-20H2,2H3. The molecule has 2 fully saturated rings. The van der Waals surface area contributed by atoms with Crippen LogP contribution in [-0.4, -0.2) is 74.4 Å². The Bertz CT molecular complexity index is 1330. The lowest BCUT2D eigenvalue weighted by Gasteiger charge is -2.41. The van der Waals surface area contributed by atoms with Gasteiger partial charge in [-0.15, -0.1) is 0 Å². The fourth-order valence-corrected chi connectivity index (χ4v) is 5.83. The van der Waals surface area contributed by atoms with Crippen LogP contribution in [0.3, 0.4) is 0 Å². The van der Waals surface area contributed by atoms with Crippen LogP contribution in [0.15, 0.2) is 67.3 Å². The number of hydrogen-bond acceptors (Lipinski definition) is 5. The molecule has 2 aliphatic heterocycles. The second-order valence-corrected chi connectivity index (χ2v) is 10.7. The van der Waals surface area contributed by atoms with Crippen LogP contribution in [-0.2, 0) is 9.59 Å². The van der Waals surface area contributed by atoms with E-state index < -0.39 is 6.10 Å². The molecule has 0 aliphatic carbocycles. The van der Waals surface area contributed by atoms with Crippen molar-refractivity contribution in [2.24, 2.45) is 5.92 Å². The maximum atomic E-state index is 12.1. The van der Waals surface area contributed by atoms with E-state index in [-0.39, 0.29) is 5.91 Å². The van der Waals surface area contributed by atoms with Gasteiger partial charge in [0.25, 0.3) is 0 Å². The smallest absolute Gasteiger partial charge is 0.245 e. The molecule has 2 saturated heterocycles. The second kappa shape index (κ2) is 11.6. The Balaban J connectivity index is 1.47. The van der Waals surface area contributed by atoms with Gasteiger partial charge in [0, 0.05) is 44.7 Å². The van der Waals surface area contributed by atoms with Crippen molar-refractivity contribution < 1.29 is 14.3 Å². The number of likely N-dealkylation sites (tertiary alicyclic amines) is 2. The van der Waals surface area contributed by atoms with Crippen molar-refractivity contribution in [2.45, 2.75) is 18.9 Å². The van der Waals surface area contributed by atoms with E-state index >= 15 is 0 Å². The molecule has 38 heavy (non-hydrogen) atoms. The normalized spacial score (nSPS) is 16.7. The third-order valence-electron chi connectivity index (χ3n) is 7.58. The summed E-state index contributed by atoms with van der Waals surface area (Å²) in [4.78, 5) is 30.2. The van der Waals surface area contributed by atoms with Gasteiger partial charge in [0.1, 0.15) is 5.75 Å². The van der Waals surface area contributed by atoms with Gasteiger partial charge in [-0.1, -0.05) is 60.6 Å². The summed E-state index contributed by atoms with van der Waals surface area (Å²) in [5.74, 6) is 0.931. The Hall–Kier alpha value is -3.35. The first-order valence-electron chi connectivity index (χ1n) is 13.2. The molecule has 6 nitrogen and oxygen atoms in total. The van der Waals surface area contributed by atoms with Crippen molar-refractivity contribution >= 4 is 40.3 Å². The van der Waals surface area contributed by atoms with Crippen LogP contribution in [0.2, 0.25) is 5.02 Å². The first kappa shape index (κ1) is 26.3. The molecule has 1 atom stereocenters. The minimum atomic E-state index is -0.578. The number of hydrogen-bond donors (Lipinski definition) is 0. The maximum absolute atomic E-state index is 12.1. The summed E-state index contributed by atoms with van der Waals surface area (Å²) in [6.07, 6.45) is 3.99. The van der Waals surface area contributed by atoms with Crippen molar-refractivity contribution in [2.75, 3.05) is 51.2 Å². The number of ether oxygens (including phenoxy) is 1. The lowest BCUT2D eigenvalue weighted by atomic mass is 9.97. The van der Waals surface area contributed by atoms with Crippen LogP contribution in [0.25, 0.3) is 21.9 Å². The molecule has 3 aromatic rings. The fourth-order valence-electron chi connectivity index (χ4n) is 5.57. The van der Waals surface area contributed by atoms with Crippen LogP contribution in [0.5, 0.6) is 5.75 Å². The summed E-state index contributed by atoms with van der Waals surface area (Å²) in [5, 5.41) is 2.86. The van der Waals surface area contributed by atoms with Crippen molar-refractivity contribution in [1.29, 1.82) is 0 Å². The molecule has 0 aromatic heterocycles. The van der Waals surface area contributed by atoms with Gasteiger partial charge in [0.15, 0.2) is 12.4 Å². The predicted molar refractivity (Wildman–Crippen MR) is 154 cm³/mol. The van der Waals surface area contributed by atoms with Gasteiger partial charge < -0.3 is 14.5 Å². The van der Waals surface area contributed by atoms with E-state index in [4.69, 9.17) is 16.3 Å². The number of carbonyl (C=O) groups is 2. The zero-order chi connectivity index (χ0) is 26.6. The number of carbonyl (C=O) groups excluding carboxylic acids is 2. The Labute approximate surface area is 229 Å². The zero-order valence-corrected chi connectivity index (χ0v) is 22.6. The maximum Gasteiger partial charge on any atom is 0.245 e. The van der Waals surface area contributed by atoms with Crippen LogP contribution in [0.4, 0.5) is 5.69 Å². The molecule has 3 aromatic carbocycles. The Kier molecular flexibility index (Phi) is 8.01. The van der Waals surface area contributed by atoms with Crippen LogP contribution < -0.4 is 9.64 Å². The minimum absolute atomic E-state index is 0.0360. The van der Waals surface area contributed by atoms with E-state index in [1.165, 1.54) is 6.08 Å². The number of benzene rings is 3. The van der Waals surface area contributed by atoms with Gasteiger partial charge in [0.2, 0.25) is 5.91 Å². The third kappa shape index (κ3) is 5.57. The summed E-state index contributed by atoms with van der Waals surface area (Å²) in [7, 11) is 2.00. The number of fused-ring (bicyclic) bond motifs is 1. The number of nitrogens with zero attached hydrogens (tertiary/aromatic N) is 3. The van der Waals surface area contributed by atoms with E-state index in [1.54, 1.807) is 4.90 Å². The first-order valence-corrected chi connectivity index (χ1v) is 13.6. The fraction of sp³-hybridized carbons (Fsp3) is 0.355. The summed E-state index contributed by atoms with van der Waals surface area (Å²) in [5.41, 5.74) is 2.72. The molecule has 0 saturated carbocycles. The minimum Gasteiger partial charge on any atom is -0.479 e. The molecule has 2 heterocycles. The largest absolute Gasteiger partial charge is 0.479 e. The summed E-state index contributed by atoms with van der Waals surface area (Å²) >= 11 is 6.93. The molecule has 2 aliphatic rings. The molecule has 1 unspecified atom stereocenters. The van der Waals surface area contributed by atoms with Crippen LogP contribution >= 0.6 is 11.6 Å². The van der Waals surface area contributed by atoms with E-state index in [0.717, 1.165) is 66.3 Å². The van der Waals surface area contributed by atoms with Gasteiger partial charge in [-0.05, 0) is 60.5 Å². The molecular weight excluding hydrogens is 498 g/mol. The molecule has 0 N–H and O–H groups in total. The average molecular weight is 532 g/mol. The Morgan fingerprint density at radius 2 is 1.87 bits per heavy atom. The molecule has 1 amide bonds. The van der Waals surface area contributed by atoms with Crippen molar-refractivity contribution in [1.82, 2.24) is 9.80 Å². The van der Waals surface area contributed by atoms with E-state index in [1.807, 2.05) is 37.4 Å². The monoisotopic (exact) mass is 531 g/mol. The molecule has 5 rings (SSSR count). The number of aldehydes is 1. The Morgan fingerprint density at radius 3 is 2.61 bits per heavy atom. The molecule has 7 heteroatoms. The molecule has 0 spiro atoms. The van der Waals surface area contributed by atoms with Gasteiger partial charge >= 0.3 is 0 Å². The molecular formula is C31H34ClN3O3. The number of amides is 1. The van der Waals surface area contributed by atoms with Gasteiger partial charge in [-0.2, -0.15) is 0 Å². The zero-order valence-electron chi connectivity index (χ0n) is 21.8. The topological polar surface area (TPSA) is 53.1 Å². The summed E-state index contributed by atoms with van der Waals surface area (Å²) < 4.78 is 6.43. The summed E-state index contributed by atoms with van der Waals surface area (Å²) in [6.45, 7) is 8.25. The number of rotatable bonds is 10. The van der Waals surface area contributed by atoms with Gasteiger partial charge in [0.05, 0.1) is 10.7 Å². The van der Waals surface area contributed by atoms with E-state index in [0.29, 0.717) is 36.3 Å². The van der Waals surface area contributed by atoms with E-state index in [9.17, 15) is 9.59 Å². The van der Waals surface area contributed by atoms with Crippen molar-refractivity contribution in [3.63, 3.8) is 0 Å². The lowest BCUT2D eigenvalue weighted by Crippen LogP contribution is -2.53. The average Bonchev–Trinajstić information content (AvgIpc) is 3.43. The van der Waals surface area contributed by atoms with Gasteiger partial charge in [-0.25, -0.2) is 0 Å². The summed E-state index contributed by atoms with van der Waals surface area (Å²) in [6, 6.07) is 18.3. The number of anilines is 1. The molecule has 0 radical (unpaired) electrons. The highest BCUT2D eigenvalue weighted by atomic mass is 35.5. The Morgan fingerprint density at radius 1 is 1.13 bits per heavy atom. The third-order valence-corrected chi connectivity index (χ3v) is 7.89. The second-order valence-electron chi connectivity index (χ2n) is 10.3.